The molecule has 0 atom stereocenters. The molecule has 4 rings (SSSR count). The van der Waals surface area contributed by atoms with Crippen LogP contribution < -0.4 is 16.3 Å². The highest BCUT2D eigenvalue weighted by molar-refractivity contribution is 7.92. The summed E-state index contributed by atoms with van der Waals surface area (Å²) in [5.41, 5.74) is -4.62. The van der Waals surface area contributed by atoms with Gasteiger partial charge in [-0.25, -0.2) is 27.6 Å². The average molecular weight is 562 g/mol. The van der Waals surface area contributed by atoms with Crippen molar-refractivity contribution in [3.8, 4) is 11.6 Å². The minimum atomic E-state index is -5.57. The fourth-order valence-electron chi connectivity index (χ4n) is 3.73. The van der Waals surface area contributed by atoms with E-state index in [2.05, 4.69) is 15.6 Å². The van der Waals surface area contributed by atoms with Crippen LogP contribution in [0.25, 0.3) is 5.69 Å². The van der Waals surface area contributed by atoms with Crippen LogP contribution in [0.1, 0.15) is 16.8 Å². The molecular formula is C25H22F3N5O5S. The van der Waals surface area contributed by atoms with Gasteiger partial charge in [-0.15, -0.1) is 0 Å². The van der Waals surface area contributed by atoms with Gasteiger partial charge in [0, 0.05) is 12.7 Å². The van der Waals surface area contributed by atoms with E-state index in [1.807, 2.05) is 30.3 Å². The summed E-state index contributed by atoms with van der Waals surface area (Å²) < 4.78 is 63.7. The molecule has 39 heavy (non-hydrogen) atoms. The molecule has 0 saturated heterocycles. The first kappa shape index (κ1) is 27.4. The van der Waals surface area contributed by atoms with Crippen LogP contribution in [0.15, 0.2) is 82.6 Å². The minimum Gasteiger partial charge on any atom is -0.493 e. The Morgan fingerprint density at radius 1 is 1.03 bits per heavy atom. The Kier molecular flexibility index (Phi) is 7.49. The Morgan fingerprint density at radius 3 is 2.33 bits per heavy atom. The van der Waals surface area contributed by atoms with Gasteiger partial charge in [-0.1, -0.05) is 30.3 Å². The predicted molar refractivity (Wildman–Crippen MR) is 135 cm³/mol. The number of pyridine rings is 1. The topological polar surface area (TPSA) is 135 Å². The predicted octanol–water partition coefficient (Wildman–Crippen LogP) is 3.71. The number of alkyl halides is 3. The third kappa shape index (κ3) is 5.80. The maximum Gasteiger partial charge on any atom is 0.501 e. The number of aromatic nitrogens is 3. The van der Waals surface area contributed by atoms with Crippen molar-refractivity contribution in [3.05, 3.63) is 100 Å². The van der Waals surface area contributed by atoms with E-state index >= 15 is 0 Å². The largest absolute Gasteiger partial charge is 0.501 e. The molecule has 2 aromatic carbocycles. The molecule has 10 nitrogen and oxygen atoms in total. The molecule has 0 aliphatic carbocycles. The van der Waals surface area contributed by atoms with E-state index in [0.717, 1.165) is 22.3 Å². The second-order valence-electron chi connectivity index (χ2n) is 8.40. The number of urea groups is 1. The van der Waals surface area contributed by atoms with E-state index in [1.165, 1.54) is 17.7 Å². The van der Waals surface area contributed by atoms with Crippen molar-refractivity contribution in [1.82, 2.24) is 19.4 Å². The summed E-state index contributed by atoms with van der Waals surface area (Å²) in [7, 11) is -5.57. The molecule has 0 radical (unpaired) electrons. The van der Waals surface area contributed by atoms with Crippen LogP contribution in [-0.2, 0) is 22.9 Å². The van der Waals surface area contributed by atoms with Gasteiger partial charge in [0.2, 0.25) is 5.88 Å². The van der Waals surface area contributed by atoms with Gasteiger partial charge in [-0.3, -0.25) is 9.88 Å². The lowest BCUT2D eigenvalue weighted by Gasteiger charge is -2.09. The average Bonchev–Trinajstić information content (AvgIpc) is 3.10. The molecule has 3 N–H and O–H groups in total. The Balaban J connectivity index is 1.52. The number of hydrogen-bond acceptors (Lipinski definition) is 6. The summed E-state index contributed by atoms with van der Waals surface area (Å²) in [4.78, 5) is 28.5. The van der Waals surface area contributed by atoms with E-state index in [0.29, 0.717) is 24.2 Å². The molecule has 0 aliphatic rings. The normalized spacial score (nSPS) is 11.8. The summed E-state index contributed by atoms with van der Waals surface area (Å²) in [6, 6.07) is 15.3. The molecule has 4 aromatic rings. The van der Waals surface area contributed by atoms with E-state index in [4.69, 9.17) is 0 Å². The van der Waals surface area contributed by atoms with Crippen LogP contribution in [-0.4, -0.2) is 39.2 Å². The molecule has 0 saturated carbocycles. The fraction of sp³-hybridized carbons (Fsp3) is 0.160. The molecule has 0 bridgehead atoms. The third-order valence-electron chi connectivity index (χ3n) is 5.77. The third-order valence-corrected chi connectivity index (χ3v) is 7.28. The molecule has 14 heteroatoms. The van der Waals surface area contributed by atoms with Gasteiger partial charge in [-0.2, -0.15) is 13.2 Å². The van der Waals surface area contributed by atoms with Crippen LogP contribution in [0, 0.1) is 6.92 Å². The number of hydrogen-bond donors (Lipinski definition) is 3. The zero-order valence-electron chi connectivity index (χ0n) is 20.3. The standard InChI is InChI=1S/C25H22F3N5O5S/c1-16-22(34)33(19-7-9-20(10-8-19)39(37,38)25(26,27)28)24(36)32(16)15-18-11-12-29-21(13-18)31-23(35)30-14-17-5-3-2-4-6-17/h2-13,34H,14-15H2,1H3,(H2,29,30,31,35). The van der Waals surface area contributed by atoms with E-state index in [1.54, 1.807) is 12.1 Å². The molecule has 204 valence electrons. The van der Waals surface area contributed by atoms with Crippen molar-refractivity contribution in [2.24, 2.45) is 0 Å². The first-order valence-electron chi connectivity index (χ1n) is 11.3. The lowest BCUT2D eigenvalue weighted by atomic mass is 10.2. The van der Waals surface area contributed by atoms with Crippen LogP contribution in [0.5, 0.6) is 5.88 Å². The monoisotopic (exact) mass is 561 g/mol. The van der Waals surface area contributed by atoms with Gasteiger partial charge in [0.05, 0.1) is 22.8 Å². The first-order chi connectivity index (χ1) is 18.4. The summed E-state index contributed by atoms with van der Waals surface area (Å²) in [5.74, 6) is -0.256. The Bertz CT molecular complexity index is 1670. The minimum absolute atomic E-state index is 0.0331. The zero-order chi connectivity index (χ0) is 28.4. The van der Waals surface area contributed by atoms with Crippen LogP contribution in [0.3, 0.4) is 0 Å². The summed E-state index contributed by atoms with van der Waals surface area (Å²) >= 11 is 0. The van der Waals surface area contributed by atoms with Crippen molar-refractivity contribution < 1.29 is 31.5 Å². The Morgan fingerprint density at radius 2 is 1.69 bits per heavy atom. The number of anilines is 1. The van der Waals surface area contributed by atoms with Crippen LogP contribution in [0.2, 0.25) is 0 Å². The number of nitrogens with zero attached hydrogens (tertiary/aromatic N) is 3. The van der Waals surface area contributed by atoms with Crippen LogP contribution in [0.4, 0.5) is 23.8 Å². The van der Waals surface area contributed by atoms with Gasteiger partial charge in [0.1, 0.15) is 5.82 Å². The number of sulfone groups is 1. The smallest absolute Gasteiger partial charge is 0.493 e. The molecule has 2 heterocycles. The molecule has 0 aliphatic heterocycles. The fourth-order valence-corrected chi connectivity index (χ4v) is 4.49. The number of aromatic hydroxyl groups is 1. The number of carbonyl (C=O) groups excluding carboxylic acids is 1. The molecule has 0 spiro atoms. The zero-order valence-corrected chi connectivity index (χ0v) is 21.1. The molecular weight excluding hydrogens is 539 g/mol. The van der Waals surface area contributed by atoms with Crippen molar-refractivity contribution in [2.75, 3.05) is 5.32 Å². The number of rotatable bonds is 7. The van der Waals surface area contributed by atoms with E-state index < -0.39 is 37.8 Å². The van der Waals surface area contributed by atoms with E-state index in [-0.39, 0.29) is 23.7 Å². The Labute approximate surface area is 220 Å². The van der Waals surface area contributed by atoms with Crippen molar-refractivity contribution in [3.63, 3.8) is 0 Å². The maximum atomic E-state index is 13.1. The highest BCUT2D eigenvalue weighted by Gasteiger charge is 2.46. The van der Waals surface area contributed by atoms with Crippen molar-refractivity contribution >= 4 is 21.7 Å². The second kappa shape index (κ2) is 10.6. The first-order valence-corrected chi connectivity index (χ1v) is 12.8. The van der Waals surface area contributed by atoms with Gasteiger partial charge in [0.15, 0.2) is 0 Å². The van der Waals surface area contributed by atoms with Gasteiger partial charge in [-0.05, 0) is 54.4 Å². The SMILES string of the molecule is Cc1c(O)n(-c2ccc(S(=O)(=O)C(F)(F)F)cc2)c(=O)n1Cc1ccnc(NC(=O)NCc2ccccc2)c1. The molecule has 0 fully saturated rings. The lowest BCUT2D eigenvalue weighted by Crippen LogP contribution is -2.28. The van der Waals surface area contributed by atoms with Crippen molar-refractivity contribution in [2.45, 2.75) is 30.4 Å². The summed E-state index contributed by atoms with van der Waals surface area (Å²) in [6.07, 6.45) is 1.43. The van der Waals surface area contributed by atoms with Gasteiger partial charge < -0.3 is 10.4 Å². The highest BCUT2D eigenvalue weighted by atomic mass is 32.2. The van der Waals surface area contributed by atoms with Gasteiger partial charge in [0.25, 0.3) is 9.84 Å². The number of carbonyl (C=O) groups is 1. The number of nitrogens with one attached hydrogen (secondary N) is 2. The maximum absolute atomic E-state index is 13.1. The quantitative estimate of drug-likeness (QED) is 0.315. The number of benzene rings is 2. The highest BCUT2D eigenvalue weighted by Crippen LogP contribution is 2.31. The number of halogens is 3. The number of amides is 2. The Hall–Kier alpha value is -4.59. The second-order valence-corrected chi connectivity index (χ2v) is 10.3. The molecule has 2 aromatic heterocycles. The molecule has 2 amide bonds. The van der Waals surface area contributed by atoms with Crippen molar-refractivity contribution in [1.29, 1.82) is 0 Å². The summed E-state index contributed by atoms with van der Waals surface area (Å²) in [5, 5.41) is 15.9. The van der Waals surface area contributed by atoms with E-state index in [9.17, 15) is 36.3 Å². The summed E-state index contributed by atoms with van der Waals surface area (Å²) in [6.45, 7) is 1.73. The lowest BCUT2D eigenvalue weighted by molar-refractivity contribution is -0.0436. The van der Waals surface area contributed by atoms with Crippen LogP contribution >= 0.6 is 0 Å². The van der Waals surface area contributed by atoms with Gasteiger partial charge >= 0.3 is 17.2 Å². The molecule has 0 unspecified atom stereocenters. The number of imidazole rings is 1.